The first-order chi connectivity index (χ1) is 9.92. The molecule has 2 aromatic rings. The highest BCUT2D eigenvalue weighted by Gasteiger charge is 2.16. The van der Waals surface area contributed by atoms with Gasteiger partial charge in [-0.2, -0.15) is 0 Å². The minimum atomic E-state index is -3.48. The van der Waals surface area contributed by atoms with Gasteiger partial charge in [0.15, 0.2) is 9.84 Å². The van der Waals surface area contributed by atoms with E-state index < -0.39 is 14.8 Å². The fourth-order valence-electron chi connectivity index (χ4n) is 1.85. The maximum atomic E-state index is 12.3. The molecule has 0 bridgehead atoms. The molecule has 0 heterocycles. The average Bonchev–Trinajstić information content (AvgIpc) is 2.47. The lowest BCUT2D eigenvalue weighted by Crippen LogP contribution is -2.05. The maximum Gasteiger partial charge on any atom is 0.269 e. The fourth-order valence-corrected chi connectivity index (χ4v) is 3.20. The number of nitrogens with two attached hydrogens (primary N) is 1. The van der Waals surface area contributed by atoms with Gasteiger partial charge in [0.2, 0.25) is 0 Å². The molecular weight excluding hydrogens is 292 g/mol. The molecule has 0 aliphatic rings. The van der Waals surface area contributed by atoms with Gasteiger partial charge >= 0.3 is 0 Å². The lowest BCUT2D eigenvalue weighted by molar-refractivity contribution is -0.384. The quantitative estimate of drug-likeness (QED) is 0.672. The molecule has 0 aromatic heterocycles. The Kier molecular flexibility index (Phi) is 4.35. The topological polar surface area (TPSA) is 103 Å². The summed E-state index contributed by atoms with van der Waals surface area (Å²) in [7, 11) is -3.48. The van der Waals surface area contributed by atoms with Crippen LogP contribution in [0.4, 0.5) is 5.69 Å². The molecule has 0 amide bonds. The summed E-state index contributed by atoms with van der Waals surface area (Å²) in [5.74, 6) is -0.201. The fraction of sp³-hybridized carbons (Fsp3) is 0.143. The number of hydrogen-bond acceptors (Lipinski definition) is 5. The Morgan fingerprint density at radius 2 is 1.48 bits per heavy atom. The van der Waals surface area contributed by atoms with E-state index in [1.165, 1.54) is 36.4 Å². The molecule has 6 nitrogen and oxygen atoms in total. The summed E-state index contributed by atoms with van der Waals surface area (Å²) in [6.07, 6.45) is 0. The molecule has 0 saturated carbocycles. The Labute approximate surface area is 122 Å². The van der Waals surface area contributed by atoms with Gasteiger partial charge in [-0.3, -0.25) is 10.1 Å². The molecule has 0 saturated heterocycles. The van der Waals surface area contributed by atoms with Crippen molar-refractivity contribution in [1.82, 2.24) is 0 Å². The van der Waals surface area contributed by atoms with Crippen LogP contribution in [0.3, 0.4) is 0 Å². The van der Waals surface area contributed by atoms with Crippen LogP contribution in [0.2, 0.25) is 0 Å². The molecule has 0 aliphatic carbocycles. The van der Waals surface area contributed by atoms with Gasteiger partial charge < -0.3 is 5.73 Å². The first kappa shape index (κ1) is 15.1. The highest BCUT2D eigenvalue weighted by atomic mass is 32.2. The lowest BCUT2D eigenvalue weighted by Gasteiger charge is -2.05. The maximum absolute atomic E-state index is 12.3. The third kappa shape index (κ3) is 3.65. The summed E-state index contributed by atoms with van der Waals surface area (Å²) in [5, 5.41) is 10.6. The number of sulfone groups is 1. The van der Waals surface area contributed by atoms with Crippen LogP contribution in [0, 0.1) is 10.1 Å². The van der Waals surface area contributed by atoms with Crippen molar-refractivity contribution in [1.29, 1.82) is 0 Å². The van der Waals surface area contributed by atoms with Crippen LogP contribution < -0.4 is 5.73 Å². The molecule has 2 N–H and O–H groups in total. The smallest absolute Gasteiger partial charge is 0.269 e. The van der Waals surface area contributed by atoms with Crippen LogP contribution in [0.1, 0.15) is 11.1 Å². The molecule has 0 atom stereocenters. The Hall–Kier alpha value is -2.25. The summed E-state index contributed by atoms with van der Waals surface area (Å²) in [6.45, 7) is 0.350. The van der Waals surface area contributed by atoms with E-state index in [0.717, 1.165) is 5.56 Å². The number of hydrogen-bond donors (Lipinski definition) is 1. The van der Waals surface area contributed by atoms with Crippen LogP contribution in [0.15, 0.2) is 53.4 Å². The van der Waals surface area contributed by atoms with E-state index in [2.05, 4.69) is 0 Å². The Bertz CT molecular complexity index is 738. The molecule has 0 spiro atoms. The largest absolute Gasteiger partial charge is 0.326 e. The second kappa shape index (κ2) is 6.02. The first-order valence-electron chi connectivity index (χ1n) is 6.17. The third-order valence-corrected chi connectivity index (χ3v) is 4.73. The predicted octanol–water partition coefficient (Wildman–Crippen LogP) is 2.03. The summed E-state index contributed by atoms with van der Waals surface area (Å²) in [6, 6.07) is 11.9. The molecule has 2 aromatic carbocycles. The van der Waals surface area contributed by atoms with Gasteiger partial charge in [-0.25, -0.2) is 8.42 Å². The number of nitrogens with zero attached hydrogens (tertiary/aromatic N) is 1. The Balaban J connectivity index is 2.21. The minimum Gasteiger partial charge on any atom is -0.326 e. The summed E-state index contributed by atoms with van der Waals surface area (Å²) < 4.78 is 24.5. The Morgan fingerprint density at radius 3 is 1.95 bits per heavy atom. The molecule has 110 valence electrons. The van der Waals surface area contributed by atoms with Crippen molar-refractivity contribution in [3.8, 4) is 0 Å². The SMILES string of the molecule is NCc1ccc(S(=O)(=O)Cc2ccc([N+](=O)[O-])cc2)cc1. The van der Waals surface area contributed by atoms with E-state index in [4.69, 9.17) is 5.73 Å². The predicted molar refractivity (Wildman–Crippen MR) is 78.3 cm³/mol. The zero-order valence-corrected chi connectivity index (χ0v) is 11.9. The van der Waals surface area contributed by atoms with E-state index in [9.17, 15) is 18.5 Å². The van der Waals surface area contributed by atoms with Crippen LogP contribution in [0.25, 0.3) is 0 Å². The summed E-state index contributed by atoms with van der Waals surface area (Å²) >= 11 is 0. The van der Waals surface area contributed by atoms with E-state index in [-0.39, 0.29) is 16.3 Å². The van der Waals surface area contributed by atoms with Crippen LogP contribution >= 0.6 is 0 Å². The number of non-ortho nitro benzene ring substituents is 1. The van der Waals surface area contributed by atoms with Gasteiger partial charge in [-0.1, -0.05) is 24.3 Å². The van der Waals surface area contributed by atoms with Gasteiger partial charge in [0, 0.05) is 18.7 Å². The Morgan fingerprint density at radius 1 is 0.952 bits per heavy atom. The average molecular weight is 306 g/mol. The van der Waals surface area contributed by atoms with Crippen molar-refractivity contribution in [2.45, 2.75) is 17.2 Å². The van der Waals surface area contributed by atoms with Gasteiger partial charge in [-0.05, 0) is 23.3 Å². The molecule has 0 aliphatic heterocycles. The second-order valence-corrected chi connectivity index (χ2v) is 6.52. The summed E-state index contributed by atoms with van der Waals surface area (Å²) in [5.41, 5.74) is 6.75. The minimum absolute atomic E-state index is 0.0663. The number of nitro groups is 1. The number of rotatable bonds is 5. The van der Waals surface area contributed by atoms with Crippen molar-refractivity contribution in [2.75, 3.05) is 0 Å². The van der Waals surface area contributed by atoms with Crippen LogP contribution in [-0.4, -0.2) is 13.3 Å². The van der Waals surface area contributed by atoms with Gasteiger partial charge in [0.1, 0.15) is 0 Å². The van der Waals surface area contributed by atoms with Crippen molar-refractivity contribution in [3.63, 3.8) is 0 Å². The van der Waals surface area contributed by atoms with Crippen molar-refractivity contribution >= 4 is 15.5 Å². The van der Waals surface area contributed by atoms with Crippen molar-refractivity contribution in [3.05, 3.63) is 69.8 Å². The molecule has 21 heavy (non-hydrogen) atoms. The van der Waals surface area contributed by atoms with Gasteiger partial charge in [0.05, 0.1) is 15.6 Å². The first-order valence-corrected chi connectivity index (χ1v) is 7.83. The molecule has 0 radical (unpaired) electrons. The monoisotopic (exact) mass is 306 g/mol. The van der Waals surface area contributed by atoms with E-state index >= 15 is 0 Å². The zero-order chi connectivity index (χ0) is 15.5. The van der Waals surface area contributed by atoms with Crippen LogP contribution in [-0.2, 0) is 22.1 Å². The van der Waals surface area contributed by atoms with E-state index in [1.54, 1.807) is 12.1 Å². The number of benzene rings is 2. The zero-order valence-electron chi connectivity index (χ0n) is 11.1. The second-order valence-electron chi connectivity index (χ2n) is 4.53. The van der Waals surface area contributed by atoms with Gasteiger partial charge in [-0.15, -0.1) is 0 Å². The molecule has 0 fully saturated rings. The molecule has 2 rings (SSSR count). The van der Waals surface area contributed by atoms with Crippen LogP contribution in [0.5, 0.6) is 0 Å². The molecular formula is C14H14N2O4S. The standard InChI is InChI=1S/C14H14N2O4S/c15-9-11-3-7-14(8-4-11)21(19,20)10-12-1-5-13(6-2-12)16(17)18/h1-8H,9-10,15H2. The summed E-state index contributed by atoms with van der Waals surface area (Å²) in [4.78, 5) is 10.2. The highest BCUT2D eigenvalue weighted by molar-refractivity contribution is 7.90. The van der Waals surface area contributed by atoms with Crippen molar-refractivity contribution < 1.29 is 13.3 Å². The van der Waals surface area contributed by atoms with Gasteiger partial charge in [0.25, 0.3) is 5.69 Å². The lowest BCUT2D eigenvalue weighted by atomic mass is 10.2. The normalized spacial score (nSPS) is 11.3. The van der Waals surface area contributed by atoms with E-state index in [0.29, 0.717) is 12.1 Å². The van der Waals surface area contributed by atoms with Crippen molar-refractivity contribution in [2.24, 2.45) is 5.73 Å². The third-order valence-electron chi connectivity index (χ3n) is 3.02. The van der Waals surface area contributed by atoms with E-state index in [1.807, 2.05) is 0 Å². The molecule has 0 unspecified atom stereocenters. The number of nitro benzene ring substituents is 1. The molecule has 7 heteroatoms. The highest BCUT2D eigenvalue weighted by Crippen LogP contribution is 2.19.